The Labute approximate surface area is 174 Å². The number of rotatable bonds is 4. The maximum Gasteiger partial charge on any atom is 0.343 e. The number of halogens is 1. The quantitative estimate of drug-likeness (QED) is 0.714. The van der Waals surface area contributed by atoms with E-state index in [1.54, 1.807) is 16.7 Å². The zero-order valence-corrected chi connectivity index (χ0v) is 17.0. The number of aromatic nitrogens is 3. The van der Waals surface area contributed by atoms with Gasteiger partial charge >= 0.3 is 5.69 Å². The van der Waals surface area contributed by atoms with E-state index in [0.717, 1.165) is 24.2 Å². The number of hydrogen-bond acceptors (Lipinski definition) is 3. The third kappa shape index (κ3) is 4.12. The summed E-state index contributed by atoms with van der Waals surface area (Å²) in [6, 6.07) is 15.3. The van der Waals surface area contributed by atoms with Crippen LogP contribution in [-0.4, -0.2) is 38.7 Å². The fourth-order valence-electron chi connectivity index (χ4n) is 3.82. The molecule has 150 valence electrons. The first kappa shape index (κ1) is 19.5. The van der Waals surface area contributed by atoms with Gasteiger partial charge in [-0.3, -0.25) is 9.36 Å². The molecule has 0 spiro atoms. The SMILES string of the molecule is Cc1ccc(Cn2c(C3CCN(C(=O)c4ccccc4Cl)CC3)n[nH]c2=O)cc1. The van der Waals surface area contributed by atoms with Crippen LogP contribution < -0.4 is 5.69 Å². The molecule has 0 saturated carbocycles. The minimum absolute atomic E-state index is 0.0480. The number of amides is 1. The van der Waals surface area contributed by atoms with Crippen molar-refractivity contribution >= 4 is 17.5 Å². The number of likely N-dealkylation sites (tertiary alicyclic amines) is 1. The van der Waals surface area contributed by atoms with Crippen LogP contribution in [0.4, 0.5) is 0 Å². The standard InChI is InChI=1S/C22H23ClN4O2/c1-15-6-8-16(9-7-15)14-27-20(24-25-22(27)29)17-10-12-26(13-11-17)21(28)18-4-2-3-5-19(18)23/h2-9,17H,10-14H2,1H3,(H,25,29). The molecule has 1 amide bonds. The van der Waals surface area contributed by atoms with Gasteiger partial charge in [0.05, 0.1) is 17.1 Å². The Hall–Kier alpha value is -2.86. The third-order valence-electron chi connectivity index (χ3n) is 5.50. The number of aryl methyl sites for hydroxylation is 1. The van der Waals surface area contributed by atoms with Gasteiger partial charge in [0.1, 0.15) is 5.82 Å². The van der Waals surface area contributed by atoms with Gasteiger partial charge in [-0.15, -0.1) is 0 Å². The van der Waals surface area contributed by atoms with Crippen LogP contribution in [0.3, 0.4) is 0 Å². The second kappa shape index (κ2) is 8.25. The molecular weight excluding hydrogens is 388 g/mol. The predicted molar refractivity (Wildman–Crippen MR) is 112 cm³/mol. The molecule has 1 N–H and O–H groups in total. The lowest BCUT2D eigenvalue weighted by Gasteiger charge is -2.31. The van der Waals surface area contributed by atoms with E-state index in [9.17, 15) is 9.59 Å². The summed E-state index contributed by atoms with van der Waals surface area (Å²) >= 11 is 6.17. The first-order valence-corrected chi connectivity index (χ1v) is 10.1. The number of nitrogens with zero attached hydrogens (tertiary/aromatic N) is 3. The summed E-state index contributed by atoms with van der Waals surface area (Å²) in [5.74, 6) is 0.850. The van der Waals surface area contributed by atoms with Crippen molar-refractivity contribution in [3.63, 3.8) is 0 Å². The van der Waals surface area contributed by atoms with E-state index in [-0.39, 0.29) is 17.5 Å². The van der Waals surface area contributed by atoms with Crippen LogP contribution in [0.1, 0.15) is 46.1 Å². The lowest BCUT2D eigenvalue weighted by atomic mass is 9.95. The fraction of sp³-hybridized carbons (Fsp3) is 0.318. The van der Waals surface area contributed by atoms with Crippen molar-refractivity contribution in [1.29, 1.82) is 0 Å². The molecule has 2 heterocycles. The Morgan fingerprint density at radius 3 is 2.52 bits per heavy atom. The summed E-state index contributed by atoms with van der Waals surface area (Å²) in [5, 5.41) is 7.36. The van der Waals surface area contributed by atoms with Gasteiger partial charge in [-0.1, -0.05) is 53.6 Å². The fourth-order valence-corrected chi connectivity index (χ4v) is 4.03. The summed E-state index contributed by atoms with van der Waals surface area (Å²) in [5.41, 5.74) is 2.58. The molecule has 0 bridgehead atoms. The van der Waals surface area contributed by atoms with E-state index in [1.807, 2.05) is 48.2 Å². The van der Waals surface area contributed by atoms with Crippen LogP contribution in [0.2, 0.25) is 5.02 Å². The molecule has 4 rings (SSSR count). The molecule has 0 radical (unpaired) electrons. The minimum atomic E-state index is -0.199. The van der Waals surface area contributed by atoms with E-state index in [1.165, 1.54) is 5.56 Å². The molecule has 1 aromatic heterocycles. The van der Waals surface area contributed by atoms with E-state index >= 15 is 0 Å². The van der Waals surface area contributed by atoms with Crippen molar-refractivity contribution in [1.82, 2.24) is 19.7 Å². The van der Waals surface area contributed by atoms with Gasteiger partial charge < -0.3 is 4.90 Å². The second-order valence-corrected chi connectivity index (χ2v) is 7.91. The van der Waals surface area contributed by atoms with Crippen LogP contribution in [0.15, 0.2) is 53.3 Å². The number of carbonyl (C=O) groups is 1. The van der Waals surface area contributed by atoms with Gasteiger partial charge in [0.15, 0.2) is 0 Å². The Balaban J connectivity index is 1.46. The minimum Gasteiger partial charge on any atom is -0.339 e. The Bertz CT molecular complexity index is 1060. The zero-order chi connectivity index (χ0) is 20.4. The van der Waals surface area contributed by atoms with Crippen molar-refractivity contribution in [2.45, 2.75) is 32.2 Å². The average molecular weight is 411 g/mol. The molecule has 7 heteroatoms. The van der Waals surface area contributed by atoms with Crippen molar-refractivity contribution in [3.8, 4) is 0 Å². The van der Waals surface area contributed by atoms with E-state index in [4.69, 9.17) is 11.6 Å². The Morgan fingerprint density at radius 1 is 1.14 bits per heavy atom. The summed E-state index contributed by atoms with van der Waals surface area (Å²) in [6.07, 6.45) is 1.52. The largest absolute Gasteiger partial charge is 0.343 e. The molecule has 0 atom stereocenters. The van der Waals surface area contributed by atoms with Crippen molar-refractivity contribution in [3.05, 3.63) is 86.6 Å². The summed E-state index contributed by atoms with van der Waals surface area (Å²) < 4.78 is 1.71. The Morgan fingerprint density at radius 2 is 1.83 bits per heavy atom. The van der Waals surface area contributed by atoms with E-state index in [0.29, 0.717) is 30.2 Å². The molecule has 2 aromatic carbocycles. The van der Waals surface area contributed by atoms with Gasteiger partial charge in [0, 0.05) is 19.0 Å². The normalized spacial score (nSPS) is 14.9. The lowest BCUT2D eigenvalue weighted by molar-refractivity contribution is 0.0710. The van der Waals surface area contributed by atoms with Crippen molar-refractivity contribution in [2.24, 2.45) is 0 Å². The molecule has 6 nitrogen and oxygen atoms in total. The Kier molecular flexibility index (Phi) is 5.53. The molecule has 1 fully saturated rings. The number of hydrogen-bond donors (Lipinski definition) is 1. The number of piperidine rings is 1. The molecule has 1 aliphatic heterocycles. The number of nitrogens with one attached hydrogen (secondary N) is 1. The van der Waals surface area contributed by atoms with E-state index < -0.39 is 0 Å². The number of H-pyrrole nitrogens is 1. The van der Waals surface area contributed by atoms with Crippen LogP contribution >= 0.6 is 11.6 Å². The zero-order valence-electron chi connectivity index (χ0n) is 16.3. The topological polar surface area (TPSA) is 71.0 Å². The average Bonchev–Trinajstić information content (AvgIpc) is 3.10. The van der Waals surface area contributed by atoms with Gasteiger partial charge in [-0.2, -0.15) is 5.10 Å². The molecule has 0 aliphatic carbocycles. The lowest BCUT2D eigenvalue weighted by Crippen LogP contribution is -2.38. The van der Waals surface area contributed by atoms with Gasteiger partial charge in [0.2, 0.25) is 0 Å². The molecule has 3 aromatic rings. The van der Waals surface area contributed by atoms with E-state index in [2.05, 4.69) is 10.2 Å². The van der Waals surface area contributed by atoms with Crippen LogP contribution in [0.5, 0.6) is 0 Å². The predicted octanol–water partition coefficient (Wildman–Crippen LogP) is 3.60. The highest BCUT2D eigenvalue weighted by molar-refractivity contribution is 6.33. The highest BCUT2D eigenvalue weighted by Gasteiger charge is 2.28. The summed E-state index contributed by atoms with van der Waals surface area (Å²) in [6.45, 7) is 3.75. The molecule has 29 heavy (non-hydrogen) atoms. The van der Waals surface area contributed by atoms with Crippen LogP contribution in [0.25, 0.3) is 0 Å². The molecular formula is C22H23ClN4O2. The van der Waals surface area contributed by atoms with Crippen LogP contribution in [-0.2, 0) is 6.54 Å². The smallest absolute Gasteiger partial charge is 0.339 e. The second-order valence-electron chi connectivity index (χ2n) is 7.51. The monoisotopic (exact) mass is 410 g/mol. The maximum absolute atomic E-state index is 12.8. The van der Waals surface area contributed by atoms with Crippen LogP contribution in [0, 0.1) is 6.92 Å². The third-order valence-corrected chi connectivity index (χ3v) is 5.83. The van der Waals surface area contributed by atoms with Gasteiger partial charge in [-0.25, -0.2) is 9.89 Å². The van der Waals surface area contributed by atoms with Crippen molar-refractivity contribution in [2.75, 3.05) is 13.1 Å². The van der Waals surface area contributed by atoms with Gasteiger partial charge in [-0.05, 0) is 37.5 Å². The maximum atomic E-state index is 12.8. The first-order chi connectivity index (χ1) is 14.0. The number of aromatic amines is 1. The number of benzene rings is 2. The van der Waals surface area contributed by atoms with Gasteiger partial charge in [0.25, 0.3) is 5.91 Å². The molecule has 0 unspecified atom stereocenters. The first-order valence-electron chi connectivity index (χ1n) is 9.77. The highest BCUT2D eigenvalue weighted by Crippen LogP contribution is 2.28. The highest BCUT2D eigenvalue weighted by atomic mass is 35.5. The molecule has 1 aliphatic rings. The molecule has 1 saturated heterocycles. The number of carbonyl (C=O) groups excluding carboxylic acids is 1. The summed E-state index contributed by atoms with van der Waals surface area (Å²) in [7, 11) is 0. The van der Waals surface area contributed by atoms with Crippen molar-refractivity contribution < 1.29 is 4.79 Å². The summed E-state index contributed by atoms with van der Waals surface area (Å²) in [4.78, 5) is 26.9.